The van der Waals surface area contributed by atoms with Crippen LogP contribution in [0.4, 0.5) is 0 Å². The second kappa shape index (κ2) is 8.12. The van der Waals surface area contributed by atoms with Gasteiger partial charge in [0.1, 0.15) is 5.75 Å². The molecule has 0 radical (unpaired) electrons. The van der Waals surface area contributed by atoms with Crippen molar-refractivity contribution in [1.29, 1.82) is 0 Å². The monoisotopic (exact) mass is 385 g/mol. The molecule has 2 aromatic carbocycles. The molecule has 26 heavy (non-hydrogen) atoms. The maximum atomic E-state index is 12.1. The number of rotatable bonds is 4. The van der Waals surface area contributed by atoms with Crippen molar-refractivity contribution in [3.05, 3.63) is 69.3 Å². The van der Waals surface area contributed by atoms with Gasteiger partial charge in [0.15, 0.2) is 0 Å². The van der Waals surface area contributed by atoms with Crippen LogP contribution in [0.2, 0.25) is 5.02 Å². The van der Waals surface area contributed by atoms with Crippen LogP contribution in [-0.2, 0) is 0 Å². The van der Waals surface area contributed by atoms with E-state index in [0.717, 1.165) is 22.6 Å². The second-order valence-corrected chi connectivity index (χ2v) is 6.60. The molecule has 0 unspecified atom stereocenters. The van der Waals surface area contributed by atoms with E-state index >= 15 is 0 Å². The van der Waals surface area contributed by atoms with E-state index in [1.165, 1.54) is 22.8 Å². The van der Waals surface area contributed by atoms with Gasteiger partial charge in [0.2, 0.25) is 10.7 Å². The summed E-state index contributed by atoms with van der Waals surface area (Å²) in [5, 5.41) is 10.7. The van der Waals surface area contributed by atoms with Crippen molar-refractivity contribution < 1.29 is 9.53 Å². The summed E-state index contributed by atoms with van der Waals surface area (Å²) in [6.07, 6.45) is 1.57. The standard InChI is InChI=1S/C19H16ClN3O2S/c1-13(24)23-18(14-7-9-16(25-2)10-8-14)12-26-19(23)22-21-11-15-5-3-4-6-17(15)20/h3-12H,1-2H3/b21-11+,22-19+. The Morgan fingerprint density at radius 3 is 2.58 bits per heavy atom. The van der Waals surface area contributed by atoms with Crippen molar-refractivity contribution in [3.63, 3.8) is 0 Å². The van der Waals surface area contributed by atoms with Crippen LogP contribution >= 0.6 is 22.9 Å². The van der Waals surface area contributed by atoms with Gasteiger partial charge in [-0.05, 0) is 35.9 Å². The fraction of sp³-hybridized carbons (Fsp3) is 0.105. The molecule has 1 aromatic heterocycles. The first-order chi connectivity index (χ1) is 12.6. The molecule has 1 heterocycles. The molecule has 5 nitrogen and oxygen atoms in total. The molecule has 0 spiro atoms. The minimum Gasteiger partial charge on any atom is -0.497 e. The molecular formula is C19H16ClN3O2S. The van der Waals surface area contributed by atoms with E-state index in [4.69, 9.17) is 16.3 Å². The quantitative estimate of drug-likeness (QED) is 0.491. The topological polar surface area (TPSA) is 56.0 Å². The summed E-state index contributed by atoms with van der Waals surface area (Å²) < 4.78 is 6.71. The predicted molar refractivity (Wildman–Crippen MR) is 105 cm³/mol. The fourth-order valence-electron chi connectivity index (χ4n) is 2.37. The number of carbonyl (C=O) groups is 1. The first-order valence-electron chi connectivity index (χ1n) is 7.77. The minimum atomic E-state index is -0.135. The van der Waals surface area contributed by atoms with Crippen LogP contribution in [0.3, 0.4) is 0 Å². The summed E-state index contributed by atoms with van der Waals surface area (Å²) in [5.74, 6) is 0.622. The molecule has 0 amide bonds. The van der Waals surface area contributed by atoms with Crippen LogP contribution in [0.5, 0.6) is 5.75 Å². The lowest BCUT2D eigenvalue weighted by molar-refractivity contribution is 0.0935. The molecule has 0 atom stereocenters. The van der Waals surface area contributed by atoms with E-state index in [0.29, 0.717) is 9.82 Å². The number of ether oxygens (including phenoxy) is 1. The van der Waals surface area contributed by atoms with Crippen LogP contribution in [0.25, 0.3) is 11.3 Å². The first-order valence-corrected chi connectivity index (χ1v) is 9.03. The molecule has 3 aromatic rings. The molecule has 7 heteroatoms. The maximum absolute atomic E-state index is 12.1. The molecule has 0 saturated heterocycles. The lowest BCUT2D eigenvalue weighted by Crippen LogP contribution is -2.21. The molecule has 0 aliphatic heterocycles. The van der Waals surface area contributed by atoms with Crippen molar-refractivity contribution >= 4 is 35.1 Å². The van der Waals surface area contributed by atoms with Gasteiger partial charge in [-0.1, -0.05) is 29.8 Å². The number of thiazole rings is 1. The molecule has 0 fully saturated rings. The number of hydrogen-bond donors (Lipinski definition) is 0. The van der Waals surface area contributed by atoms with Crippen LogP contribution in [0.1, 0.15) is 17.3 Å². The van der Waals surface area contributed by atoms with Gasteiger partial charge >= 0.3 is 0 Å². The highest BCUT2D eigenvalue weighted by Gasteiger charge is 2.11. The normalized spacial score (nSPS) is 11.9. The smallest absolute Gasteiger partial charge is 0.230 e. The van der Waals surface area contributed by atoms with E-state index < -0.39 is 0 Å². The molecule has 0 aliphatic rings. The maximum Gasteiger partial charge on any atom is 0.230 e. The summed E-state index contributed by atoms with van der Waals surface area (Å²) >= 11 is 7.44. The van der Waals surface area contributed by atoms with Gasteiger partial charge in [0, 0.05) is 22.9 Å². The van der Waals surface area contributed by atoms with Crippen molar-refractivity contribution in [1.82, 2.24) is 4.57 Å². The van der Waals surface area contributed by atoms with E-state index in [1.807, 2.05) is 47.8 Å². The Bertz CT molecular complexity index is 1020. The Kier molecular flexibility index (Phi) is 5.65. The molecule has 3 rings (SSSR count). The number of aromatic nitrogens is 1. The Morgan fingerprint density at radius 1 is 1.19 bits per heavy atom. The number of hydrogen-bond acceptors (Lipinski definition) is 5. The first kappa shape index (κ1) is 18.1. The minimum absolute atomic E-state index is 0.135. The van der Waals surface area contributed by atoms with Crippen molar-refractivity contribution in [2.24, 2.45) is 10.2 Å². The van der Waals surface area contributed by atoms with Crippen LogP contribution in [0.15, 0.2) is 64.1 Å². The Hall–Kier alpha value is -2.70. The highest BCUT2D eigenvalue weighted by molar-refractivity contribution is 7.07. The number of benzene rings is 2. The summed E-state index contributed by atoms with van der Waals surface area (Å²) in [6, 6.07) is 14.8. The Morgan fingerprint density at radius 2 is 1.92 bits per heavy atom. The lowest BCUT2D eigenvalue weighted by Gasteiger charge is -2.05. The van der Waals surface area contributed by atoms with Gasteiger partial charge in [-0.25, -0.2) is 0 Å². The lowest BCUT2D eigenvalue weighted by atomic mass is 10.1. The Labute approximate surface area is 159 Å². The number of methoxy groups -OCH3 is 1. The summed E-state index contributed by atoms with van der Waals surface area (Å²) in [5.41, 5.74) is 2.42. The molecule has 0 N–H and O–H groups in total. The van der Waals surface area contributed by atoms with Gasteiger partial charge in [0.25, 0.3) is 0 Å². The third-order valence-electron chi connectivity index (χ3n) is 3.65. The number of carbonyl (C=O) groups excluding carboxylic acids is 1. The Balaban J connectivity index is 1.99. The molecule has 0 aliphatic carbocycles. The van der Waals surface area contributed by atoms with Crippen LogP contribution < -0.4 is 9.54 Å². The molecule has 0 saturated carbocycles. The second-order valence-electron chi connectivity index (χ2n) is 5.35. The number of halogens is 1. The average Bonchev–Trinajstić information content (AvgIpc) is 3.07. The van der Waals surface area contributed by atoms with Gasteiger partial charge in [-0.15, -0.1) is 16.4 Å². The zero-order valence-electron chi connectivity index (χ0n) is 14.2. The summed E-state index contributed by atoms with van der Waals surface area (Å²) in [7, 11) is 1.61. The van der Waals surface area contributed by atoms with Gasteiger partial charge in [-0.2, -0.15) is 5.10 Å². The van der Waals surface area contributed by atoms with Gasteiger partial charge in [-0.3, -0.25) is 9.36 Å². The molecule has 132 valence electrons. The predicted octanol–water partition coefficient (Wildman–Crippen LogP) is 4.47. The van der Waals surface area contributed by atoms with Crippen molar-refractivity contribution in [3.8, 4) is 17.0 Å². The summed E-state index contributed by atoms with van der Waals surface area (Å²) in [6.45, 7) is 1.50. The van der Waals surface area contributed by atoms with E-state index in [2.05, 4.69) is 10.2 Å². The third kappa shape index (κ3) is 3.92. The van der Waals surface area contributed by atoms with Crippen molar-refractivity contribution in [2.75, 3.05) is 7.11 Å². The summed E-state index contributed by atoms with van der Waals surface area (Å²) in [4.78, 5) is 12.6. The molecule has 0 bridgehead atoms. The van der Waals surface area contributed by atoms with E-state index in [1.54, 1.807) is 19.4 Å². The van der Waals surface area contributed by atoms with Crippen molar-refractivity contribution in [2.45, 2.75) is 6.92 Å². The fourth-order valence-corrected chi connectivity index (χ4v) is 3.44. The van der Waals surface area contributed by atoms with Crippen LogP contribution in [0, 0.1) is 0 Å². The van der Waals surface area contributed by atoms with E-state index in [9.17, 15) is 4.79 Å². The van der Waals surface area contributed by atoms with Gasteiger partial charge < -0.3 is 4.74 Å². The zero-order valence-corrected chi connectivity index (χ0v) is 15.8. The number of nitrogens with zero attached hydrogens (tertiary/aromatic N) is 3. The highest BCUT2D eigenvalue weighted by atomic mass is 35.5. The van der Waals surface area contributed by atoms with Crippen LogP contribution in [-0.4, -0.2) is 23.8 Å². The third-order valence-corrected chi connectivity index (χ3v) is 4.81. The molecular weight excluding hydrogens is 370 g/mol. The van der Waals surface area contributed by atoms with E-state index in [-0.39, 0.29) is 5.91 Å². The highest BCUT2D eigenvalue weighted by Crippen LogP contribution is 2.23. The van der Waals surface area contributed by atoms with Gasteiger partial charge in [0.05, 0.1) is 19.0 Å². The average molecular weight is 386 g/mol. The largest absolute Gasteiger partial charge is 0.497 e. The SMILES string of the molecule is COc1ccc(-c2cs/c(=N/N=C/c3ccccc3Cl)n2C(C)=O)cc1. The zero-order chi connectivity index (χ0) is 18.5.